The molecule has 1 fully saturated rings. The minimum atomic E-state index is -2.33. The van der Waals surface area contributed by atoms with Crippen LogP contribution in [0.5, 0.6) is 0 Å². The SMILES string of the molecule is [2H]C1C(O)CN([2H])[C@]1([2H])C(=O)O. The predicted octanol–water partition coefficient (Wildman–Crippen LogP) is -1.21. The number of carboxylic acids is 1. The molecule has 2 unspecified atom stereocenters. The van der Waals surface area contributed by atoms with Crippen molar-refractivity contribution >= 4 is 5.97 Å². The van der Waals surface area contributed by atoms with Crippen LogP contribution in [-0.2, 0) is 4.79 Å². The fraction of sp³-hybridized carbons (Fsp3) is 0.800. The van der Waals surface area contributed by atoms with Crippen molar-refractivity contribution in [3.63, 3.8) is 0 Å². The second-order valence-electron chi connectivity index (χ2n) is 1.77. The zero-order chi connectivity index (χ0) is 9.52. The van der Waals surface area contributed by atoms with Crippen molar-refractivity contribution in [2.45, 2.75) is 18.5 Å². The van der Waals surface area contributed by atoms with Crippen LogP contribution in [0, 0.1) is 0 Å². The van der Waals surface area contributed by atoms with Gasteiger partial charge in [0.1, 0.15) is 7.43 Å². The molecule has 0 saturated carbocycles. The molecule has 52 valence electrons. The van der Waals surface area contributed by atoms with Gasteiger partial charge in [0, 0.05) is 14.3 Å². The van der Waals surface area contributed by atoms with Gasteiger partial charge in [-0.2, -0.15) is 0 Å². The van der Waals surface area contributed by atoms with Gasteiger partial charge in [-0.15, -0.1) is 0 Å². The summed E-state index contributed by atoms with van der Waals surface area (Å²) in [6.45, 7) is -0.274. The number of hydrogen-bond acceptors (Lipinski definition) is 3. The molecule has 9 heavy (non-hydrogen) atoms. The van der Waals surface area contributed by atoms with Crippen molar-refractivity contribution in [1.82, 2.24) is 5.31 Å². The average molecular weight is 134 g/mol. The molecule has 0 aliphatic carbocycles. The molecule has 3 N–H and O–H groups in total. The van der Waals surface area contributed by atoms with E-state index < -0.39 is 24.5 Å². The number of aliphatic carboxylic acids is 1. The molecule has 0 aromatic carbocycles. The van der Waals surface area contributed by atoms with Crippen LogP contribution in [0.15, 0.2) is 0 Å². The van der Waals surface area contributed by atoms with Crippen LogP contribution in [0.1, 0.15) is 9.14 Å². The van der Waals surface area contributed by atoms with E-state index in [0.717, 1.165) is 0 Å². The Hall–Kier alpha value is -0.610. The Morgan fingerprint density at radius 1 is 2.11 bits per heavy atom. The molecule has 1 aliphatic rings. The molecule has 4 heteroatoms. The third-order valence-corrected chi connectivity index (χ3v) is 1.02. The summed E-state index contributed by atoms with van der Waals surface area (Å²) in [5, 5.41) is 18.0. The number of carbonyl (C=O) groups is 1. The number of aliphatic hydroxyl groups excluding tert-OH is 1. The van der Waals surface area contributed by atoms with Gasteiger partial charge >= 0.3 is 5.97 Å². The first kappa shape index (κ1) is 3.53. The fourth-order valence-electron chi connectivity index (χ4n) is 0.618. The summed E-state index contributed by atoms with van der Waals surface area (Å²) in [5.74, 6) is -1.57. The van der Waals surface area contributed by atoms with Crippen molar-refractivity contribution in [3.8, 4) is 0 Å². The van der Waals surface area contributed by atoms with Crippen LogP contribution in [0.4, 0.5) is 0 Å². The van der Waals surface area contributed by atoms with Crippen molar-refractivity contribution in [3.05, 3.63) is 0 Å². The van der Waals surface area contributed by atoms with Crippen molar-refractivity contribution in [1.29, 1.82) is 0 Å². The maximum Gasteiger partial charge on any atom is 0.320 e. The minimum absolute atomic E-state index is 0.274. The van der Waals surface area contributed by atoms with E-state index in [1.165, 1.54) is 0 Å². The van der Waals surface area contributed by atoms with Crippen LogP contribution in [0.25, 0.3) is 0 Å². The normalized spacial score (nSPS) is 58.1. The first-order valence-electron chi connectivity index (χ1n) is 4.03. The van der Waals surface area contributed by atoms with Gasteiger partial charge in [0.25, 0.3) is 0 Å². The Morgan fingerprint density at radius 3 is 3.00 bits per heavy atom. The van der Waals surface area contributed by atoms with E-state index in [0.29, 0.717) is 5.31 Å². The largest absolute Gasteiger partial charge is 0.480 e. The highest BCUT2D eigenvalue weighted by atomic mass is 16.4. The van der Waals surface area contributed by atoms with E-state index >= 15 is 0 Å². The number of hydrogen-bond donors (Lipinski definition) is 3. The third kappa shape index (κ3) is 1.40. The van der Waals surface area contributed by atoms with E-state index in [1.54, 1.807) is 0 Å². The molecule has 0 radical (unpaired) electrons. The monoisotopic (exact) mass is 134 g/mol. The minimum Gasteiger partial charge on any atom is -0.480 e. The lowest BCUT2D eigenvalue weighted by Gasteiger charge is -1.99. The van der Waals surface area contributed by atoms with Crippen LogP contribution in [0.2, 0.25) is 1.41 Å². The highest BCUT2D eigenvalue weighted by molar-refractivity contribution is 5.73. The summed E-state index contributed by atoms with van der Waals surface area (Å²) in [5.41, 5.74) is 0. The second kappa shape index (κ2) is 2.33. The maximum atomic E-state index is 10.5. The van der Waals surface area contributed by atoms with Gasteiger partial charge in [-0.1, -0.05) is 0 Å². The second-order valence-corrected chi connectivity index (χ2v) is 1.77. The summed E-state index contributed by atoms with van der Waals surface area (Å²) >= 11 is 0. The molecule has 0 amide bonds. The summed E-state index contributed by atoms with van der Waals surface area (Å²) < 4.78 is 21.5. The molecule has 0 aromatic rings. The molecule has 1 aliphatic heterocycles. The lowest BCUT2D eigenvalue weighted by Crippen LogP contribution is -2.29. The molecular formula is C5H9NO3. The van der Waals surface area contributed by atoms with E-state index in [4.69, 9.17) is 14.4 Å². The first-order valence-corrected chi connectivity index (χ1v) is 2.51. The number of nitrogens with one attached hydrogen (secondary N) is 1. The molecule has 1 heterocycles. The van der Waals surface area contributed by atoms with E-state index in [-0.39, 0.29) is 6.54 Å². The zero-order valence-corrected chi connectivity index (χ0v) is 4.61. The molecule has 0 aromatic heterocycles. The van der Waals surface area contributed by atoms with Gasteiger partial charge in [0.15, 0.2) is 0 Å². The van der Waals surface area contributed by atoms with Crippen LogP contribution >= 0.6 is 0 Å². The summed E-state index contributed by atoms with van der Waals surface area (Å²) in [7, 11) is 0. The van der Waals surface area contributed by atoms with Crippen molar-refractivity contribution in [2.24, 2.45) is 0 Å². The van der Waals surface area contributed by atoms with Gasteiger partial charge in [0.05, 0.1) is 7.47 Å². The molecule has 4 nitrogen and oxygen atoms in total. The molecule has 3 atom stereocenters. The van der Waals surface area contributed by atoms with E-state index in [1.807, 2.05) is 0 Å². The number of β-amino-alcohol motifs (C(OH)–C–C–N with tert-alkyl or cyclic N) is 1. The molecular weight excluding hydrogens is 122 g/mol. The molecule has 1 rings (SSSR count). The highest BCUT2D eigenvalue weighted by Gasteiger charge is 2.27. The van der Waals surface area contributed by atoms with Gasteiger partial charge < -0.3 is 15.5 Å². The van der Waals surface area contributed by atoms with Crippen LogP contribution in [-0.4, -0.2) is 34.8 Å². The number of rotatable bonds is 1. The Balaban J connectivity index is 2.95. The smallest absolute Gasteiger partial charge is 0.320 e. The van der Waals surface area contributed by atoms with Gasteiger partial charge in [-0.05, 0) is 0 Å². The summed E-state index contributed by atoms with van der Waals surface area (Å²) in [4.78, 5) is 10.5. The first-order chi connectivity index (χ1) is 5.40. The van der Waals surface area contributed by atoms with Crippen LogP contribution < -0.4 is 5.31 Å². The highest BCUT2D eigenvalue weighted by Crippen LogP contribution is 2.05. The molecule has 1 saturated heterocycles. The zero-order valence-electron chi connectivity index (χ0n) is 7.61. The fourth-order valence-corrected chi connectivity index (χ4v) is 0.618. The third-order valence-electron chi connectivity index (χ3n) is 1.02. The van der Waals surface area contributed by atoms with Gasteiger partial charge in [0.2, 0.25) is 0 Å². The van der Waals surface area contributed by atoms with Crippen LogP contribution in [0.3, 0.4) is 0 Å². The average Bonchev–Trinajstić information content (AvgIpc) is 2.16. The molecule has 0 bridgehead atoms. The predicted molar refractivity (Wildman–Crippen MR) is 30.1 cm³/mol. The van der Waals surface area contributed by atoms with Crippen molar-refractivity contribution < 1.29 is 19.2 Å². The lowest BCUT2D eigenvalue weighted by atomic mass is 10.2. The Bertz CT molecular complexity index is 214. The standard InChI is InChI=1S/C5H9NO3/c7-3-1-4(5(8)9)6-2-3/h3-4,6-7H,1-2H2,(H,8,9)/t3?,4-/m0/s1/i1D,4D/hD/t1?,3?,4-. The van der Waals surface area contributed by atoms with E-state index in [9.17, 15) is 4.79 Å². The Labute approximate surface area is 56.8 Å². The quantitative estimate of drug-likeness (QED) is 0.421. The summed E-state index contributed by atoms with van der Waals surface area (Å²) in [6.07, 6.45) is -2.73. The maximum absolute atomic E-state index is 10.5. The van der Waals surface area contributed by atoms with Gasteiger partial charge in [-0.3, -0.25) is 4.79 Å². The Kier molecular flexibility index (Phi) is 0.913. The van der Waals surface area contributed by atoms with E-state index in [2.05, 4.69) is 0 Å². The van der Waals surface area contributed by atoms with Gasteiger partial charge in [-0.25, -0.2) is 0 Å². The molecule has 0 spiro atoms. The topological polar surface area (TPSA) is 69.6 Å². The summed E-state index contributed by atoms with van der Waals surface area (Å²) in [6, 6.07) is -2.33. The lowest BCUT2D eigenvalue weighted by molar-refractivity contribution is -0.139. The van der Waals surface area contributed by atoms with Crippen molar-refractivity contribution in [2.75, 3.05) is 6.54 Å². The number of carboxylic acid groups (broad SMARTS) is 1. The Morgan fingerprint density at radius 2 is 2.78 bits per heavy atom. The number of aliphatic hydroxyl groups is 1.